The van der Waals surface area contributed by atoms with E-state index in [1.807, 2.05) is 30.6 Å². The van der Waals surface area contributed by atoms with Gasteiger partial charge in [-0.3, -0.25) is 9.88 Å². The molecule has 156 valence electrons. The SMILES string of the molecule is Cn1c(-c2ccc(-c3cccc(F)c3)nc2)cnc1C1CCN(Cc2ccccc2)C1. The minimum Gasteiger partial charge on any atom is -0.331 e. The smallest absolute Gasteiger partial charge is 0.123 e. The average Bonchev–Trinajstić information content (AvgIpc) is 3.41. The fraction of sp³-hybridized carbons (Fsp3) is 0.231. The highest BCUT2D eigenvalue weighted by Gasteiger charge is 2.27. The molecule has 1 aliphatic heterocycles. The number of pyridine rings is 1. The Balaban J connectivity index is 1.31. The lowest BCUT2D eigenvalue weighted by atomic mass is 10.1. The summed E-state index contributed by atoms with van der Waals surface area (Å²) in [5.41, 5.74) is 4.96. The summed E-state index contributed by atoms with van der Waals surface area (Å²) >= 11 is 0. The summed E-state index contributed by atoms with van der Waals surface area (Å²) in [6.07, 6.45) is 4.90. The fourth-order valence-electron chi connectivity index (χ4n) is 4.46. The van der Waals surface area contributed by atoms with Gasteiger partial charge in [-0.1, -0.05) is 42.5 Å². The van der Waals surface area contributed by atoms with Crippen molar-refractivity contribution in [2.45, 2.75) is 18.9 Å². The van der Waals surface area contributed by atoms with Gasteiger partial charge in [0.25, 0.3) is 0 Å². The van der Waals surface area contributed by atoms with Crippen LogP contribution in [-0.2, 0) is 13.6 Å². The molecule has 2 aromatic heterocycles. The van der Waals surface area contributed by atoms with Crippen molar-refractivity contribution >= 4 is 0 Å². The van der Waals surface area contributed by atoms with Crippen LogP contribution in [0.2, 0.25) is 0 Å². The van der Waals surface area contributed by atoms with Gasteiger partial charge >= 0.3 is 0 Å². The molecule has 0 spiro atoms. The molecule has 4 nitrogen and oxygen atoms in total. The summed E-state index contributed by atoms with van der Waals surface area (Å²) in [6.45, 7) is 3.10. The van der Waals surface area contributed by atoms with Gasteiger partial charge in [0.1, 0.15) is 11.6 Å². The van der Waals surface area contributed by atoms with Gasteiger partial charge in [0.2, 0.25) is 0 Å². The molecule has 1 saturated heterocycles. The summed E-state index contributed by atoms with van der Waals surface area (Å²) in [5.74, 6) is 1.30. The Morgan fingerprint density at radius 1 is 0.935 bits per heavy atom. The Hall–Kier alpha value is -3.31. The third kappa shape index (κ3) is 4.14. The van der Waals surface area contributed by atoms with Gasteiger partial charge < -0.3 is 4.57 Å². The molecule has 0 N–H and O–H groups in total. The number of halogens is 1. The number of hydrogen-bond donors (Lipinski definition) is 0. The Morgan fingerprint density at radius 2 is 1.81 bits per heavy atom. The summed E-state index contributed by atoms with van der Waals surface area (Å²) in [5, 5.41) is 0. The second-order valence-electron chi connectivity index (χ2n) is 8.21. The van der Waals surface area contributed by atoms with E-state index in [2.05, 4.69) is 51.8 Å². The Kier molecular flexibility index (Phi) is 5.35. The van der Waals surface area contributed by atoms with Crippen LogP contribution in [0.1, 0.15) is 23.7 Å². The van der Waals surface area contributed by atoms with Crippen molar-refractivity contribution in [2.24, 2.45) is 7.05 Å². The number of hydrogen-bond acceptors (Lipinski definition) is 3. The average molecular weight is 413 g/mol. The zero-order chi connectivity index (χ0) is 21.2. The standard InChI is InChI=1S/C26H25FN4/c1-30-25(21-10-11-24(28-15-21)20-8-5-9-23(27)14-20)16-29-26(30)22-12-13-31(18-22)17-19-6-3-2-4-7-19/h2-11,14-16,22H,12-13,17-18H2,1H3. The quantitative estimate of drug-likeness (QED) is 0.447. The number of aromatic nitrogens is 3. The van der Waals surface area contributed by atoms with E-state index in [0.29, 0.717) is 5.92 Å². The number of imidazole rings is 1. The molecular weight excluding hydrogens is 387 g/mol. The topological polar surface area (TPSA) is 34.0 Å². The maximum Gasteiger partial charge on any atom is 0.123 e. The maximum atomic E-state index is 13.5. The Morgan fingerprint density at radius 3 is 2.58 bits per heavy atom. The van der Waals surface area contributed by atoms with Gasteiger partial charge in [0.15, 0.2) is 0 Å². The van der Waals surface area contributed by atoms with E-state index in [0.717, 1.165) is 54.4 Å². The number of nitrogens with zero attached hydrogens (tertiary/aromatic N) is 4. The van der Waals surface area contributed by atoms with Gasteiger partial charge in [0.05, 0.1) is 17.6 Å². The lowest BCUT2D eigenvalue weighted by Crippen LogP contribution is -2.20. The maximum absolute atomic E-state index is 13.5. The van der Waals surface area contributed by atoms with Crippen molar-refractivity contribution in [1.82, 2.24) is 19.4 Å². The van der Waals surface area contributed by atoms with Crippen molar-refractivity contribution in [3.05, 3.63) is 96.3 Å². The second-order valence-corrected chi connectivity index (χ2v) is 8.21. The van der Waals surface area contributed by atoms with Crippen LogP contribution in [0.5, 0.6) is 0 Å². The first-order valence-electron chi connectivity index (χ1n) is 10.7. The molecule has 3 heterocycles. The van der Waals surface area contributed by atoms with Gasteiger partial charge in [-0.2, -0.15) is 0 Å². The van der Waals surface area contributed by atoms with Crippen molar-refractivity contribution in [1.29, 1.82) is 0 Å². The highest BCUT2D eigenvalue weighted by molar-refractivity contribution is 5.64. The zero-order valence-electron chi connectivity index (χ0n) is 17.6. The minimum atomic E-state index is -0.252. The van der Waals surface area contributed by atoms with Gasteiger partial charge in [-0.25, -0.2) is 9.37 Å². The van der Waals surface area contributed by atoms with Crippen LogP contribution in [0, 0.1) is 5.82 Å². The van der Waals surface area contributed by atoms with Crippen LogP contribution < -0.4 is 0 Å². The number of rotatable bonds is 5. The van der Waals surface area contributed by atoms with Crippen LogP contribution in [0.4, 0.5) is 4.39 Å². The third-order valence-electron chi connectivity index (χ3n) is 6.09. The molecule has 5 rings (SSSR count). The molecule has 1 atom stereocenters. The highest BCUT2D eigenvalue weighted by atomic mass is 19.1. The molecule has 0 radical (unpaired) electrons. The third-order valence-corrected chi connectivity index (χ3v) is 6.09. The molecule has 1 aliphatic rings. The molecule has 31 heavy (non-hydrogen) atoms. The van der Waals surface area contributed by atoms with Crippen molar-refractivity contribution in [3.8, 4) is 22.5 Å². The number of benzene rings is 2. The normalized spacial score (nSPS) is 16.6. The van der Waals surface area contributed by atoms with Gasteiger partial charge in [-0.05, 0) is 42.8 Å². The van der Waals surface area contributed by atoms with Crippen LogP contribution in [-0.4, -0.2) is 32.5 Å². The van der Waals surface area contributed by atoms with Gasteiger partial charge in [-0.15, -0.1) is 0 Å². The van der Waals surface area contributed by atoms with Crippen molar-refractivity contribution in [3.63, 3.8) is 0 Å². The summed E-state index contributed by atoms with van der Waals surface area (Å²) in [4.78, 5) is 11.8. The monoisotopic (exact) mass is 412 g/mol. The Labute approximate surface area is 182 Å². The molecule has 0 bridgehead atoms. The van der Waals surface area contributed by atoms with E-state index in [9.17, 15) is 4.39 Å². The molecule has 0 aliphatic carbocycles. The zero-order valence-corrected chi connectivity index (χ0v) is 17.6. The van der Waals surface area contributed by atoms with Gasteiger partial charge in [0, 0.05) is 43.4 Å². The first-order chi connectivity index (χ1) is 15.2. The first kappa shape index (κ1) is 19.6. The summed E-state index contributed by atoms with van der Waals surface area (Å²) in [7, 11) is 2.08. The predicted octanol–water partition coefficient (Wildman–Crippen LogP) is 5.28. The van der Waals surface area contributed by atoms with E-state index in [-0.39, 0.29) is 5.82 Å². The van der Waals surface area contributed by atoms with E-state index in [4.69, 9.17) is 4.98 Å². The van der Waals surface area contributed by atoms with Crippen molar-refractivity contribution < 1.29 is 4.39 Å². The first-order valence-corrected chi connectivity index (χ1v) is 10.7. The summed E-state index contributed by atoms with van der Waals surface area (Å²) in [6, 6.07) is 21.1. The number of likely N-dealkylation sites (tertiary alicyclic amines) is 1. The molecule has 1 fully saturated rings. The molecule has 2 aromatic carbocycles. The van der Waals surface area contributed by atoms with Crippen molar-refractivity contribution in [2.75, 3.05) is 13.1 Å². The lowest BCUT2D eigenvalue weighted by Gasteiger charge is -2.16. The van der Waals surface area contributed by atoms with Crippen LogP contribution in [0.25, 0.3) is 22.5 Å². The Bertz CT molecular complexity index is 1170. The van der Waals surface area contributed by atoms with E-state index in [1.54, 1.807) is 6.07 Å². The lowest BCUT2D eigenvalue weighted by molar-refractivity contribution is 0.325. The highest BCUT2D eigenvalue weighted by Crippen LogP contribution is 2.30. The van der Waals surface area contributed by atoms with Crippen LogP contribution >= 0.6 is 0 Å². The van der Waals surface area contributed by atoms with Crippen LogP contribution in [0.15, 0.2) is 79.1 Å². The molecule has 1 unspecified atom stereocenters. The molecule has 5 heteroatoms. The van der Waals surface area contributed by atoms with E-state index < -0.39 is 0 Å². The fourth-order valence-corrected chi connectivity index (χ4v) is 4.46. The molecule has 0 amide bonds. The van der Waals surface area contributed by atoms with E-state index >= 15 is 0 Å². The second kappa shape index (κ2) is 8.44. The largest absolute Gasteiger partial charge is 0.331 e. The molecular formula is C26H25FN4. The van der Waals surface area contributed by atoms with E-state index in [1.165, 1.54) is 17.7 Å². The minimum absolute atomic E-state index is 0.252. The molecule has 4 aromatic rings. The molecule has 0 saturated carbocycles. The predicted molar refractivity (Wildman–Crippen MR) is 121 cm³/mol. The van der Waals surface area contributed by atoms with Crippen LogP contribution in [0.3, 0.4) is 0 Å². The summed E-state index contributed by atoms with van der Waals surface area (Å²) < 4.78 is 15.7.